The molecule has 0 bridgehead atoms. The van der Waals surface area contributed by atoms with Crippen molar-refractivity contribution in [1.29, 1.82) is 0 Å². The Morgan fingerprint density at radius 1 is 1.35 bits per heavy atom. The van der Waals surface area contributed by atoms with Crippen LogP contribution in [0.5, 0.6) is 0 Å². The van der Waals surface area contributed by atoms with Gasteiger partial charge in [-0.1, -0.05) is 19.4 Å². The summed E-state index contributed by atoms with van der Waals surface area (Å²) >= 11 is 0. The molecule has 0 radical (unpaired) electrons. The summed E-state index contributed by atoms with van der Waals surface area (Å²) in [5.41, 5.74) is 2.43. The Labute approximate surface area is 103 Å². The fourth-order valence-electron chi connectivity index (χ4n) is 2.96. The van der Waals surface area contributed by atoms with Crippen molar-refractivity contribution in [2.24, 2.45) is 0 Å². The van der Waals surface area contributed by atoms with Crippen molar-refractivity contribution in [1.82, 2.24) is 5.32 Å². The summed E-state index contributed by atoms with van der Waals surface area (Å²) in [6.07, 6.45) is 4.93. The minimum Gasteiger partial charge on any atom is -0.313 e. The van der Waals surface area contributed by atoms with Crippen LogP contribution in [-0.4, -0.2) is 12.6 Å². The Kier molecular flexibility index (Phi) is 4.16. The maximum atomic E-state index is 13.1. The third-order valence-electron chi connectivity index (χ3n) is 3.80. The van der Waals surface area contributed by atoms with Crippen molar-refractivity contribution in [2.45, 2.75) is 51.5 Å². The van der Waals surface area contributed by atoms with E-state index in [1.54, 1.807) is 12.1 Å². The molecule has 1 aromatic carbocycles. The minimum absolute atomic E-state index is 0.123. The first-order valence-electron chi connectivity index (χ1n) is 6.71. The Bertz CT molecular complexity index is 375. The van der Waals surface area contributed by atoms with Gasteiger partial charge in [0, 0.05) is 6.04 Å². The van der Waals surface area contributed by atoms with Gasteiger partial charge in [0.2, 0.25) is 0 Å². The van der Waals surface area contributed by atoms with Crippen LogP contribution >= 0.6 is 0 Å². The predicted molar refractivity (Wildman–Crippen MR) is 69.8 cm³/mol. The number of halogens is 1. The summed E-state index contributed by atoms with van der Waals surface area (Å²) in [7, 11) is 0. The van der Waals surface area contributed by atoms with Crippen molar-refractivity contribution in [3.63, 3.8) is 0 Å². The topological polar surface area (TPSA) is 12.0 Å². The molecule has 1 fully saturated rings. The van der Waals surface area contributed by atoms with Crippen LogP contribution in [0.25, 0.3) is 0 Å². The second-order valence-corrected chi connectivity index (χ2v) is 5.10. The molecular weight excluding hydrogens is 213 g/mol. The van der Waals surface area contributed by atoms with E-state index in [0.717, 1.165) is 12.1 Å². The zero-order chi connectivity index (χ0) is 12.3. The summed E-state index contributed by atoms with van der Waals surface area (Å²) in [5, 5.41) is 3.63. The fourth-order valence-corrected chi connectivity index (χ4v) is 2.96. The Hall–Kier alpha value is -0.890. The van der Waals surface area contributed by atoms with Gasteiger partial charge in [-0.2, -0.15) is 0 Å². The Balaban J connectivity index is 2.14. The van der Waals surface area contributed by atoms with E-state index in [1.165, 1.54) is 31.2 Å². The third-order valence-corrected chi connectivity index (χ3v) is 3.80. The van der Waals surface area contributed by atoms with Gasteiger partial charge in [0.15, 0.2) is 0 Å². The van der Waals surface area contributed by atoms with E-state index in [1.807, 2.05) is 13.0 Å². The molecule has 1 saturated carbocycles. The van der Waals surface area contributed by atoms with Crippen molar-refractivity contribution < 1.29 is 4.39 Å². The highest BCUT2D eigenvalue weighted by Crippen LogP contribution is 2.36. The maximum absolute atomic E-state index is 13.1. The summed E-state index contributed by atoms with van der Waals surface area (Å²) in [6, 6.07) is 5.81. The molecule has 2 heteroatoms. The van der Waals surface area contributed by atoms with E-state index < -0.39 is 0 Å². The molecule has 0 aliphatic heterocycles. The molecule has 1 aliphatic rings. The molecule has 1 aliphatic carbocycles. The zero-order valence-corrected chi connectivity index (χ0v) is 10.8. The smallest absolute Gasteiger partial charge is 0.123 e. The predicted octanol–water partition coefficient (Wildman–Crippen LogP) is 3.77. The SMILES string of the molecule is CCCNC1CCCC1c1ccc(F)cc1C. The molecule has 1 nitrogen and oxygen atoms in total. The number of aryl methyl sites for hydroxylation is 1. The zero-order valence-electron chi connectivity index (χ0n) is 10.8. The number of benzene rings is 1. The third kappa shape index (κ3) is 2.86. The van der Waals surface area contributed by atoms with E-state index in [4.69, 9.17) is 0 Å². The van der Waals surface area contributed by atoms with Crippen molar-refractivity contribution in [3.8, 4) is 0 Å². The van der Waals surface area contributed by atoms with Gasteiger partial charge in [-0.05, 0) is 61.9 Å². The lowest BCUT2D eigenvalue weighted by atomic mass is 9.90. The van der Waals surface area contributed by atoms with Crippen LogP contribution in [0.3, 0.4) is 0 Å². The van der Waals surface area contributed by atoms with Crippen LogP contribution < -0.4 is 5.32 Å². The van der Waals surface area contributed by atoms with Gasteiger partial charge in [-0.3, -0.25) is 0 Å². The highest BCUT2D eigenvalue weighted by Gasteiger charge is 2.28. The molecule has 0 heterocycles. The van der Waals surface area contributed by atoms with Gasteiger partial charge in [-0.25, -0.2) is 4.39 Å². The van der Waals surface area contributed by atoms with Crippen molar-refractivity contribution in [3.05, 3.63) is 35.1 Å². The number of nitrogens with one attached hydrogen (secondary N) is 1. The Morgan fingerprint density at radius 2 is 2.18 bits per heavy atom. The first kappa shape index (κ1) is 12.6. The second kappa shape index (κ2) is 5.63. The van der Waals surface area contributed by atoms with Crippen LogP contribution in [0.15, 0.2) is 18.2 Å². The summed E-state index contributed by atoms with van der Waals surface area (Å²) in [4.78, 5) is 0. The molecule has 1 N–H and O–H groups in total. The first-order chi connectivity index (χ1) is 8.22. The maximum Gasteiger partial charge on any atom is 0.123 e. The average Bonchev–Trinajstić information content (AvgIpc) is 2.74. The molecule has 17 heavy (non-hydrogen) atoms. The first-order valence-corrected chi connectivity index (χ1v) is 6.71. The number of hydrogen-bond acceptors (Lipinski definition) is 1. The van der Waals surface area contributed by atoms with E-state index in [9.17, 15) is 4.39 Å². The van der Waals surface area contributed by atoms with Crippen LogP contribution in [0.2, 0.25) is 0 Å². The lowest BCUT2D eigenvalue weighted by molar-refractivity contribution is 0.477. The monoisotopic (exact) mass is 235 g/mol. The van der Waals surface area contributed by atoms with Gasteiger partial charge >= 0.3 is 0 Å². The second-order valence-electron chi connectivity index (χ2n) is 5.10. The largest absolute Gasteiger partial charge is 0.313 e. The molecule has 0 saturated heterocycles. The van der Waals surface area contributed by atoms with Crippen molar-refractivity contribution in [2.75, 3.05) is 6.54 Å². The normalized spacial score (nSPS) is 24.2. The summed E-state index contributed by atoms with van der Waals surface area (Å²) < 4.78 is 13.1. The molecule has 0 spiro atoms. The molecule has 2 atom stereocenters. The molecule has 94 valence electrons. The van der Waals surface area contributed by atoms with Gasteiger partial charge in [0.25, 0.3) is 0 Å². The molecule has 2 rings (SSSR count). The van der Waals surface area contributed by atoms with E-state index in [0.29, 0.717) is 12.0 Å². The van der Waals surface area contributed by atoms with Crippen LogP contribution in [0.1, 0.15) is 49.7 Å². The van der Waals surface area contributed by atoms with Gasteiger partial charge in [0.05, 0.1) is 0 Å². The van der Waals surface area contributed by atoms with Crippen LogP contribution in [0, 0.1) is 12.7 Å². The van der Waals surface area contributed by atoms with Crippen LogP contribution in [-0.2, 0) is 0 Å². The minimum atomic E-state index is -0.123. The van der Waals surface area contributed by atoms with Gasteiger partial charge in [0.1, 0.15) is 5.82 Å². The Morgan fingerprint density at radius 3 is 2.88 bits per heavy atom. The quantitative estimate of drug-likeness (QED) is 0.837. The average molecular weight is 235 g/mol. The van der Waals surface area contributed by atoms with Gasteiger partial charge in [-0.15, -0.1) is 0 Å². The fraction of sp³-hybridized carbons (Fsp3) is 0.600. The lowest BCUT2D eigenvalue weighted by Gasteiger charge is -2.23. The van der Waals surface area contributed by atoms with E-state index in [2.05, 4.69) is 12.2 Å². The van der Waals surface area contributed by atoms with Crippen LogP contribution in [0.4, 0.5) is 4.39 Å². The van der Waals surface area contributed by atoms with Gasteiger partial charge < -0.3 is 5.32 Å². The molecule has 2 unspecified atom stereocenters. The molecule has 0 aromatic heterocycles. The molecular formula is C15H22FN. The number of hydrogen-bond donors (Lipinski definition) is 1. The summed E-state index contributed by atoms with van der Waals surface area (Å²) in [6.45, 7) is 5.30. The lowest BCUT2D eigenvalue weighted by Crippen LogP contribution is -2.32. The molecule has 1 aromatic rings. The molecule has 0 amide bonds. The standard InChI is InChI=1S/C15H22FN/c1-3-9-17-15-6-4-5-14(15)13-8-7-12(16)10-11(13)2/h7-8,10,14-15,17H,3-6,9H2,1-2H3. The highest BCUT2D eigenvalue weighted by molar-refractivity contribution is 5.31. The van der Waals surface area contributed by atoms with E-state index >= 15 is 0 Å². The number of rotatable bonds is 4. The van der Waals surface area contributed by atoms with Crippen molar-refractivity contribution >= 4 is 0 Å². The highest BCUT2D eigenvalue weighted by atomic mass is 19.1. The van der Waals surface area contributed by atoms with E-state index in [-0.39, 0.29) is 5.82 Å². The summed E-state index contributed by atoms with van der Waals surface area (Å²) in [5.74, 6) is 0.449.